The van der Waals surface area contributed by atoms with Gasteiger partial charge >= 0.3 is 5.97 Å². The summed E-state index contributed by atoms with van der Waals surface area (Å²) in [4.78, 5) is 24.9. The number of aryl methyl sites for hydroxylation is 2. The third-order valence-corrected chi connectivity index (χ3v) is 4.71. The molecule has 0 fully saturated rings. The van der Waals surface area contributed by atoms with Crippen LogP contribution in [0.4, 0.5) is 0 Å². The number of rotatable bonds is 5. The summed E-state index contributed by atoms with van der Waals surface area (Å²) in [6.45, 7) is 7.54. The van der Waals surface area contributed by atoms with Crippen molar-refractivity contribution in [3.05, 3.63) is 58.6 Å². The molecule has 0 N–H and O–H groups in total. The number of para-hydroxylation sites is 1. The van der Waals surface area contributed by atoms with E-state index in [1.807, 2.05) is 41.8 Å². The van der Waals surface area contributed by atoms with Crippen molar-refractivity contribution in [2.45, 2.75) is 34.2 Å². The van der Waals surface area contributed by atoms with Crippen molar-refractivity contribution in [1.29, 1.82) is 5.26 Å². The highest BCUT2D eigenvalue weighted by atomic mass is 16.5. The third kappa shape index (κ3) is 3.83. The molecule has 7 heteroatoms. The smallest absolute Gasteiger partial charge is 0.325 e. The van der Waals surface area contributed by atoms with Crippen LogP contribution in [0.1, 0.15) is 34.4 Å². The molecule has 2 aromatic heterocycles. The van der Waals surface area contributed by atoms with Crippen LogP contribution in [0.5, 0.6) is 0 Å². The first kappa shape index (κ1) is 20.1. The second kappa shape index (κ2) is 8.15. The van der Waals surface area contributed by atoms with Gasteiger partial charge in [-0.25, -0.2) is 4.68 Å². The Morgan fingerprint density at radius 1 is 1.24 bits per heavy atom. The van der Waals surface area contributed by atoms with Gasteiger partial charge in [0.15, 0.2) is 0 Å². The van der Waals surface area contributed by atoms with Crippen molar-refractivity contribution in [2.24, 2.45) is 0 Å². The summed E-state index contributed by atoms with van der Waals surface area (Å²) in [5.74, 6) is -0.828. The van der Waals surface area contributed by atoms with E-state index in [1.165, 1.54) is 4.68 Å². The Balaban J connectivity index is 2.12. The van der Waals surface area contributed by atoms with E-state index in [1.54, 1.807) is 32.9 Å². The topological polar surface area (TPSA) is 89.9 Å². The predicted molar refractivity (Wildman–Crippen MR) is 109 cm³/mol. The molecular weight excluding hydrogens is 368 g/mol. The van der Waals surface area contributed by atoms with E-state index >= 15 is 0 Å². The molecular formula is C22H22N4O3. The number of allylic oxidation sites excluding steroid dienone is 1. The van der Waals surface area contributed by atoms with Gasteiger partial charge in [0.05, 0.1) is 12.3 Å². The van der Waals surface area contributed by atoms with E-state index in [2.05, 4.69) is 5.10 Å². The standard InChI is InChI=1S/C22H22N4O3/c1-5-29-21(27)13-25-16(4)19(18-8-6-7-9-20(18)25)11-17(12-23)22(28)26-15(3)10-14(2)24-26/h6-11H,5,13H2,1-4H3/b17-11+. The lowest BCUT2D eigenvalue weighted by Crippen LogP contribution is -2.16. The predicted octanol–water partition coefficient (Wildman–Crippen LogP) is 3.57. The number of benzene rings is 1. The molecule has 0 amide bonds. The van der Waals surface area contributed by atoms with Gasteiger partial charge in [0.1, 0.15) is 18.2 Å². The monoisotopic (exact) mass is 390 g/mol. The molecule has 29 heavy (non-hydrogen) atoms. The maximum atomic E-state index is 12.9. The fourth-order valence-electron chi connectivity index (χ4n) is 3.41. The van der Waals surface area contributed by atoms with Gasteiger partial charge in [-0.15, -0.1) is 0 Å². The van der Waals surface area contributed by atoms with Gasteiger partial charge in [0.2, 0.25) is 0 Å². The van der Waals surface area contributed by atoms with Crippen LogP contribution in [-0.4, -0.2) is 32.8 Å². The van der Waals surface area contributed by atoms with E-state index in [-0.39, 0.29) is 18.1 Å². The summed E-state index contributed by atoms with van der Waals surface area (Å²) >= 11 is 0. The lowest BCUT2D eigenvalue weighted by atomic mass is 10.1. The summed E-state index contributed by atoms with van der Waals surface area (Å²) in [5, 5.41) is 14.7. The fourth-order valence-corrected chi connectivity index (χ4v) is 3.41. The zero-order chi connectivity index (χ0) is 21.1. The zero-order valence-corrected chi connectivity index (χ0v) is 16.9. The van der Waals surface area contributed by atoms with E-state index in [0.717, 1.165) is 22.2 Å². The maximum Gasteiger partial charge on any atom is 0.325 e. The number of nitrogens with zero attached hydrogens (tertiary/aromatic N) is 4. The van der Waals surface area contributed by atoms with Gasteiger partial charge in [-0.05, 0) is 45.9 Å². The first-order valence-electron chi connectivity index (χ1n) is 9.30. The van der Waals surface area contributed by atoms with Crippen molar-refractivity contribution in [1.82, 2.24) is 14.3 Å². The normalized spacial score (nSPS) is 11.5. The van der Waals surface area contributed by atoms with Crippen molar-refractivity contribution >= 4 is 28.9 Å². The molecule has 0 aliphatic rings. The average Bonchev–Trinajstić information content (AvgIpc) is 3.16. The second-order valence-electron chi connectivity index (χ2n) is 6.72. The molecule has 0 unspecified atom stereocenters. The van der Waals surface area contributed by atoms with Crippen LogP contribution in [-0.2, 0) is 16.1 Å². The minimum Gasteiger partial charge on any atom is -0.465 e. The fraction of sp³-hybridized carbons (Fsp3) is 0.273. The highest BCUT2D eigenvalue weighted by Gasteiger charge is 2.19. The molecule has 0 radical (unpaired) electrons. The molecule has 0 saturated heterocycles. The molecule has 3 aromatic rings. The summed E-state index contributed by atoms with van der Waals surface area (Å²) in [6.07, 6.45) is 1.57. The maximum absolute atomic E-state index is 12.9. The second-order valence-corrected chi connectivity index (χ2v) is 6.72. The number of aromatic nitrogens is 3. The number of ether oxygens (including phenoxy) is 1. The number of esters is 1. The van der Waals surface area contributed by atoms with Gasteiger partial charge in [0, 0.05) is 27.9 Å². The molecule has 148 valence electrons. The Labute approximate surface area is 168 Å². The molecule has 0 aliphatic carbocycles. The van der Waals surface area contributed by atoms with E-state index in [4.69, 9.17) is 4.74 Å². The third-order valence-electron chi connectivity index (χ3n) is 4.71. The summed E-state index contributed by atoms with van der Waals surface area (Å²) in [5.41, 5.74) is 3.66. The Bertz CT molecular complexity index is 1170. The number of fused-ring (bicyclic) bond motifs is 1. The highest BCUT2D eigenvalue weighted by molar-refractivity contribution is 6.05. The molecule has 3 rings (SSSR count). The van der Waals surface area contributed by atoms with Gasteiger partial charge in [0.25, 0.3) is 5.91 Å². The van der Waals surface area contributed by atoms with Crippen LogP contribution in [0.3, 0.4) is 0 Å². The number of hydrogen-bond acceptors (Lipinski definition) is 5. The molecule has 0 atom stereocenters. The Kier molecular flexibility index (Phi) is 5.64. The number of hydrogen-bond donors (Lipinski definition) is 0. The average molecular weight is 390 g/mol. The van der Waals surface area contributed by atoms with Crippen LogP contribution in [0.15, 0.2) is 35.9 Å². The quantitative estimate of drug-likeness (QED) is 0.377. The molecule has 7 nitrogen and oxygen atoms in total. The summed E-state index contributed by atoms with van der Waals surface area (Å²) in [7, 11) is 0. The largest absolute Gasteiger partial charge is 0.465 e. The lowest BCUT2D eigenvalue weighted by Gasteiger charge is -2.08. The minimum absolute atomic E-state index is 0.0293. The molecule has 0 aliphatic heterocycles. The van der Waals surface area contributed by atoms with Crippen LogP contribution in [0.2, 0.25) is 0 Å². The first-order chi connectivity index (χ1) is 13.9. The van der Waals surface area contributed by atoms with Crippen molar-refractivity contribution in [3.8, 4) is 6.07 Å². The Morgan fingerprint density at radius 2 is 1.97 bits per heavy atom. The number of carbonyl (C=O) groups is 2. The van der Waals surface area contributed by atoms with Crippen LogP contribution in [0, 0.1) is 32.1 Å². The van der Waals surface area contributed by atoms with Crippen LogP contribution in [0.25, 0.3) is 17.0 Å². The van der Waals surface area contributed by atoms with Gasteiger partial charge in [-0.1, -0.05) is 18.2 Å². The van der Waals surface area contributed by atoms with Crippen molar-refractivity contribution in [3.63, 3.8) is 0 Å². The molecule has 2 heterocycles. The summed E-state index contributed by atoms with van der Waals surface area (Å²) in [6, 6.07) is 11.3. The number of nitriles is 1. The summed E-state index contributed by atoms with van der Waals surface area (Å²) < 4.78 is 8.15. The molecule has 0 spiro atoms. The van der Waals surface area contributed by atoms with Crippen LogP contribution < -0.4 is 0 Å². The van der Waals surface area contributed by atoms with E-state index in [9.17, 15) is 14.9 Å². The van der Waals surface area contributed by atoms with Gasteiger partial charge < -0.3 is 9.30 Å². The van der Waals surface area contributed by atoms with Crippen LogP contribution >= 0.6 is 0 Å². The molecule has 0 bridgehead atoms. The van der Waals surface area contributed by atoms with Crippen molar-refractivity contribution in [2.75, 3.05) is 6.61 Å². The van der Waals surface area contributed by atoms with E-state index < -0.39 is 5.91 Å². The van der Waals surface area contributed by atoms with Gasteiger partial charge in [-0.3, -0.25) is 9.59 Å². The SMILES string of the molecule is CCOC(=O)Cn1c(C)c(/C=C(\C#N)C(=O)n2nc(C)cc2C)c2ccccc21. The van der Waals surface area contributed by atoms with Gasteiger partial charge in [-0.2, -0.15) is 10.4 Å². The molecule has 1 aromatic carbocycles. The zero-order valence-electron chi connectivity index (χ0n) is 16.9. The van der Waals surface area contributed by atoms with Crippen molar-refractivity contribution < 1.29 is 14.3 Å². The highest BCUT2D eigenvalue weighted by Crippen LogP contribution is 2.28. The minimum atomic E-state index is -0.486. The Morgan fingerprint density at radius 3 is 2.59 bits per heavy atom. The van der Waals surface area contributed by atoms with E-state index in [0.29, 0.717) is 18.0 Å². The first-order valence-corrected chi connectivity index (χ1v) is 9.30. The Hall–Kier alpha value is -3.66. The number of carbonyl (C=O) groups excluding carboxylic acids is 2. The molecule has 0 saturated carbocycles. The lowest BCUT2D eigenvalue weighted by molar-refractivity contribution is -0.143.